The number of thioether (sulfide) groups is 1. The van der Waals surface area contributed by atoms with E-state index in [1.54, 1.807) is 0 Å². The molecular weight excluding hydrogens is 244 g/mol. The van der Waals surface area contributed by atoms with Crippen molar-refractivity contribution in [1.29, 1.82) is 0 Å². The largest absolute Gasteiger partial charge is 0.379 e. The Morgan fingerprint density at radius 1 is 1.33 bits per heavy atom. The summed E-state index contributed by atoms with van der Waals surface area (Å²) in [6.45, 7) is 10.9. The van der Waals surface area contributed by atoms with E-state index in [9.17, 15) is 0 Å². The highest BCUT2D eigenvalue weighted by Crippen LogP contribution is 2.22. The fourth-order valence-corrected chi connectivity index (χ4v) is 3.99. The molecule has 2 saturated heterocycles. The Morgan fingerprint density at radius 2 is 2.11 bits per heavy atom. The van der Waals surface area contributed by atoms with E-state index in [1.807, 2.05) is 0 Å². The first kappa shape index (κ1) is 14.6. The number of morpholine rings is 1. The number of hydrogen-bond donors (Lipinski definition) is 1. The summed E-state index contributed by atoms with van der Waals surface area (Å²) in [6, 6.07) is 0. The smallest absolute Gasteiger partial charge is 0.0594 e. The molecule has 0 bridgehead atoms. The fraction of sp³-hybridized carbons (Fsp3) is 1.00. The highest BCUT2D eigenvalue weighted by molar-refractivity contribution is 7.99. The van der Waals surface area contributed by atoms with Gasteiger partial charge in [-0.1, -0.05) is 0 Å². The van der Waals surface area contributed by atoms with Crippen molar-refractivity contribution in [3.63, 3.8) is 0 Å². The van der Waals surface area contributed by atoms with Gasteiger partial charge in [0.2, 0.25) is 0 Å². The van der Waals surface area contributed by atoms with E-state index in [4.69, 9.17) is 4.74 Å². The predicted octanol–water partition coefficient (Wildman–Crippen LogP) is 1.83. The number of nitrogens with one attached hydrogen (secondary N) is 1. The lowest BCUT2D eigenvalue weighted by Crippen LogP contribution is -2.55. The maximum absolute atomic E-state index is 5.43. The van der Waals surface area contributed by atoms with Crippen LogP contribution >= 0.6 is 11.8 Å². The fourth-order valence-electron chi connectivity index (χ4n) is 2.83. The van der Waals surface area contributed by atoms with E-state index in [-0.39, 0.29) is 5.54 Å². The molecule has 1 N–H and O–H groups in total. The van der Waals surface area contributed by atoms with Crippen molar-refractivity contribution in [3.8, 4) is 0 Å². The molecule has 2 fully saturated rings. The molecule has 0 saturated carbocycles. The molecule has 4 heteroatoms. The van der Waals surface area contributed by atoms with Gasteiger partial charge in [0.1, 0.15) is 0 Å². The summed E-state index contributed by atoms with van der Waals surface area (Å²) in [4.78, 5) is 2.55. The van der Waals surface area contributed by atoms with Crippen LogP contribution in [-0.2, 0) is 4.74 Å². The minimum Gasteiger partial charge on any atom is -0.379 e. The highest BCUT2D eigenvalue weighted by Gasteiger charge is 2.28. The van der Waals surface area contributed by atoms with Gasteiger partial charge in [-0.25, -0.2) is 0 Å². The van der Waals surface area contributed by atoms with E-state index in [0.29, 0.717) is 0 Å². The van der Waals surface area contributed by atoms with Gasteiger partial charge in [-0.15, -0.1) is 0 Å². The molecule has 0 radical (unpaired) electrons. The van der Waals surface area contributed by atoms with Gasteiger partial charge < -0.3 is 10.1 Å². The second-order valence-electron chi connectivity index (χ2n) is 6.13. The number of ether oxygens (including phenoxy) is 1. The lowest BCUT2D eigenvalue weighted by atomic mass is 10.0. The minimum absolute atomic E-state index is 0.256. The molecule has 18 heavy (non-hydrogen) atoms. The third-order valence-electron chi connectivity index (χ3n) is 4.11. The van der Waals surface area contributed by atoms with Crippen molar-refractivity contribution in [1.82, 2.24) is 10.2 Å². The third kappa shape index (κ3) is 4.41. The Kier molecular flexibility index (Phi) is 5.80. The van der Waals surface area contributed by atoms with Gasteiger partial charge in [-0.2, -0.15) is 11.8 Å². The number of nitrogens with zero attached hydrogens (tertiary/aromatic N) is 1. The maximum Gasteiger partial charge on any atom is 0.0594 e. The van der Waals surface area contributed by atoms with Crippen LogP contribution in [0.5, 0.6) is 0 Å². The van der Waals surface area contributed by atoms with Gasteiger partial charge in [0.05, 0.1) is 13.2 Å². The Bertz CT molecular complexity index is 236. The minimum atomic E-state index is 0.256. The van der Waals surface area contributed by atoms with Gasteiger partial charge >= 0.3 is 0 Å². The summed E-state index contributed by atoms with van der Waals surface area (Å²) in [7, 11) is 0. The summed E-state index contributed by atoms with van der Waals surface area (Å²) < 4.78 is 5.43. The predicted molar refractivity (Wildman–Crippen MR) is 79.4 cm³/mol. The highest BCUT2D eigenvalue weighted by atomic mass is 32.2. The van der Waals surface area contributed by atoms with Crippen molar-refractivity contribution < 1.29 is 4.74 Å². The molecule has 106 valence electrons. The third-order valence-corrected chi connectivity index (χ3v) is 5.40. The Morgan fingerprint density at radius 3 is 2.78 bits per heavy atom. The lowest BCUT2D eigenvalue weighted by Gasteiger charge is -2.41. The van der Waals surface area contributed by atoms with Crippen LogP contribution in [0, 0.1) is 5.92 Å². The number of rotatable bonds is 5. The Labute approximate surface area is 116 Å². The Balaban J connectivity index is 1.67. The molecule has 3 nitrogen and oxygen atoms in total. The zero-order chi connectivity index (χ0) is 12.8. The van der Waals surface area contributed by atoms with Gasteiger partial charge in [0.25, 0.3) is 0 Å². The van der Waals surface area contributed by atoms with Crippen LogP contribution in [0.15, 0.2) is 0 Å². The first-order valence-corrected chi connectivity index (χ1v) is 8.45. The lowest BCUT2D eigenvalue weighted by molar-refractivity contribution is -0.00974. The summed E-state index contributed by atoms with van der Waals surface area (Å²) in [5.41, 5.74) is 0.256. The van der Waals surface area contributed by atoms with Crippen LogP contribution in [0.25, 0.3) is 0 Å². The second kappa shape index (κ2) is 7.13. The van der Waals surface area contributed by atoms with E-state index in [2.05, 4.69) is 35.8 Å². The van der Waals surface area contributed by atoms with Crippen LogP contribution in [0.2, 0.25) is 0 Å². The molecule has 0 aromatic heterocycles. The van der Waals surface area contributed by atoms with E-state index < -0.39 is 0 Å². The molecule has 0 amide bonds. The first-order valence-electron chi connectivity index (χ1n) is 7.30. The van der Waals surface area contributed by atoms with Crippen molar-refractivity contribution in [2.45, 2.75) is 32.2 Å². The van der Waals surface area contributed by atoms with E-state index >= 15 is 0 Å². The molecule has 1 atom stereocenters. The topological polar surface area (TPSA) is 24.5 Å². The second-order valence-corrected chi connectivity index (χ2v) is 7.28. The molecule has 0 aromatic carbocycles. The van der Waals surface area contributed by atoms with Crippen LogP contribution < -0.4 is 5.32 Å². The van der Waals surface area contributed by atoms with Crippen LogP contribution in [-0.4, -0.2) is 61.3 Å². The molecule has 0 aromatic rings. The van der Waals surface area contributed by atoms with Crippen LogP contribution in [0.4, 0.5) is 0 Å². The summed E-state index contributed by atoms with van der Waals surface area (Å²) in [6.07, 6.45) is 2.82. The van der Waals surface area contributed by atoms with Gasteiger partial charge in [-0.05, 0) is 50.7 Å². The first-order chi connectivity index (χ1) is 8.68. The van der Waals surface area contributed by atoms with Crippen molar-refractivity contribution >= 4 is 11.8 Å². The summed E-state index contributed by atoms with van der Waals surface area (Å²) >= 11 is 2.12. The SMILES string of the molecule is CC(C)(CNCC1CCCSC1)N1CCOCC1. The molecule has 1 unspecified atom stereocenters. The maximum atomic E-state index is 5.43. The average Bonchev–Trinajstić information content (AvgIpc) is 2.41. The quantitative estimate of drug-likeness (QED) is 0.825. The van der Waals surface area contributed by atoms with Crippen molar-refractivity contribution in [2.24, 2.45) is 5.92 Å². The molecule has 2 heterocycles. The number of hydrogen-bond acceptors (Lipinski definition) is 4. The molecule has 0 spiro atoms. The monoisotopic (exact) mass is 272 g/mol. The van der Waals surface area contributed by atoms with E-state index in [0.717, 1.165) is 38.8 Å². The zero-order valence-electron chi connectivity index (χ0n) is 11.9. The average molecular weight is 272 g/mol. The standard InChI is InChI=1S/C14H28N2OS/c1-14(2,16-5-7-17-8-6-16)12-15-10-13-4-3-9-18-11-13/h13,15H,3-12H2,1-2H3. The molecule has 0 aliphatic carbocycles. The van der Waals surface area contributed by atoms with Gasteiger partial charge in [-0.3, -0.25) is 4.90 Å². The van der Waals surface area contributed by atoms with Crippen molar-refractivity contribution in [3.05, 3.63) is 0 Å². The molecule has 2 rings (SSSR count). The van der Waals surface area contributed by atoms with Gasteiger partial charge in [0.15, 0.2) is 0 Å². The normalized spacial score (nSPS) is 27.3. The Hall–Kier alpha value is 0.230. The van der Waals surface area contributed by atoms with Crippen LogP contribution in [0.1, 0.15) is 26.7 Å². The summed E-state index contributed by atoms with van der Waals surface area (Å²) in [5.74, 6) is 3.62. The molecule has 2 aliphatic heterocycles. The van der Waals surface area contributed by atoms with Gasteiger partial charge in [0, 0.05) is 25.2 Å². The molecule has 2 aliphatic rings. The van der Waals surface area contributed by atoms with Crippen LogP contribution in [0.3, 0.4) is 0 Å². The summed E-state index contributed by atoms with van der Waals surface area (Å²) in [5, 5.41) is 3.70. The molecular formula is C14H28N2OS. The zero-order valence-corrected chi connectivity index (χ0v) is 12.7. The van der Waals surface area contributed by atoms with E-state index in [1.165, 1.54) is 30.9 Å². The van der Waals surface area contributed by atoms with Crippen molar-refractivity contribution in [2.75, 3.05) is 50.9 Å².